The molecule has 1 amide bonds. The molecule has 1 aliphatic heterocycles. The molecule has 0 spiro atoms. The van der Waals surface area contributed by atoms with Gasteiger partial charge in [0.1, 0.15) is 5.82 Å². The van der Waals surface area contributed by atoms with E-state index in [1.807, 2.05) is 18.2 Å². The van der Waals surface area contributed by atoms with Crippen molar-refractivity contribution in [3.63, 3.8) is 0 Å². The summed E-state index contributed by atoms with van der Waals surface area (Å²) in [6.45, 7) is 1.10. The number of aromatic nitrogens is 1. The number of aliphatic hydroxyl groups is 1. The largest absolute Gasteiger partial charge is 0.392 e. The second-order valence-corrected chi connectivity index (χ2v) is 6.22. The van der Waals surface area contributed by atoms with Gasteiger partial charge in [-0.05, 0) is 42.5 Å². The number of nitrogens with one attached hydrogen (secondary N) is 1. The van der Waals surface area contributed by atoms with Crippen LogP contribution in [0.25, 0.3) is 0 Å². The Hall–Kier alpha value is -2.24. The third kappa shape index (κ3) is 3.80. The highest BCUT2D eigenvalue weighted by atomic mass is 16.5. The minimum absolute atomic E-state index is 0.0303. The van der Waals surface area contributed by atoms with Crippen LogP contribution in [0.4, 0.5) is 5.82 Å². The Bertz CT molecular complexity index is 682. The second kappa shape index (κ2) is 7.55. The number of ether oxygens (including phenoxy) is 1. The van der Waals surface area contributed by atoms with Crippen LogP contribution in [0.5, 0.6) is 0 Å². The highest BCUT2D eigenvalue weighted by Gasteiger charge is 2.40. The first-order chi connectivity index (χ1) is 11.7. The zero-order chi connectivity index (χ0) is 16.8. The minimum Gasteiger partial charge on any atom is -0.392 e. The topological polar surface area (TPSA) is 71.5 Å². The third-order valence-electron chi connectivity index (χ3n) is 4.57. The molecule has 1 fully saturated rings. The van der Waals surface area contributed by atoms with Crippen LogP contribution < -0.4 is 5.32 Å². The summed E-state index contributed by atoms with van der Waals surface area (Å²) in [5, 5.41) is 12.2. The number of carbonyl (C=O) groups is 1. The number of hydrogen-bond donors (Lipinski definition) is 2. The fraction of sp³-hybridized carbons (Fsp3) is 0.368. The molecular weight excluding hydrogens is 304 g/mol. The molecule has 0 radical (unpaired) electrons. The summed E-state index contributed by atoms with van der Waals surface area (Å²) in [5.74, 6) is 0.447. The number of rotatable bonds is 5. The summed E-state index contributed by atoms with van der Waals surface area (Å²) < 4.78 is 5.47. The normalized spacial score (nSPS) is 16.5. The van der Waals surface area contributed by atoms with E-state index in [1.165, 1.54) is 0 Å². The van der Waals surface area contributed by atoms with Crippen molar-refractivity contribution in [3.8, 4) is 0 Å². The number of pyridine rings is 1. The average molecular weight is 326 g/mol. The van der Waals surface area contributed by atoms with Crippen LogP contribution in [0.15, 0.2) is 48.7 Å². The molecule has 2 N–H and O–H groups in total. The Morgan fingerprint density at radius 3 is 2.62 bits per heavy atom. The lowest BCUT2D eigenvalue weighted by atomic mass is 9.74. The standard InChI is InChI=1S/C19H22N2O3/c22-14-16-6-9-20-17(12-16)21-18(23)19(7-10-24-11-8-19)13-15-4-2-1-3-5-15/h1-6,9,12,22H,7-8,10-11,13-14H2,(H,20,21,23). The molecule has 5 nitrogen and oxygen atoms in total. The quantitative estimate of drug-likeness (QED) is 0.886. The Morgan fingerprint density at radius 1 is 1.17 bits per heavy atom. The molecule has 5 heteroatoms. The summed E-state index contributed by atoms with van der Waals surface area (Å²) >= 11 is 0. The molecule has 3 rings (SSSR count). The minimum atomic E-state index is -0.490. The number of benzene rings is 1. The molecule has 2 heterocycles. The van der Waals surface area contributed by atoms with Gasteiger partial charge in [-0.3, -0.25) is 4.79 Å². The maximum absolute atomic E-state index is 13.0. The van der Waals surface area contributed by atoms with Crippen LogP contribution in [0.1, 0.15) is 24.0 Å². The monoisotopic (exact) mass is 326 g/mol. The highest BCUT2D eigenvalue weighted by Crippen LogP contribution is 2.35. The third-order valence-corrected chi connectivity index (χ3v) is 4.57. The van der Waals surface area contributed by atoms with Gasteiger partial charge >= 0.3 is 0 Å². The van der Waals surface area contributed by atoms with Crippen molar-refractivity contribution in [2.24, 2.45) is 5.41 Å². The van der Waals surface area contributed by atoms with Gasteiger partial charge in [0.2, 0.25) is 5.91 Å². The van der Waals surface area contributed by atoms with Crippen molar-refractivity contribution < 1.29 is 14.6 Å². The van der Waals surface area contributed by atoms with Gasteiger partial charge in [-0.2, -0.15) is 0 Å². The maximum atomic E-state index is 13.0. The first kappa shape index (κ1) is 16.6. The molecule has 1 aliphatic rings. The average Bonchev–Trinajstić information content (AvgIpc) is 2.63. The predicted molar refractivity (Wildman–Crippen MR) is 91.4 cm³/mol. The van der Waals surface area contributed by atoms with E-state index >= 15 is 0 Å². The van der Waals surface area contributed by atoms with Crippen LogP contribution in [0, 0.1) is 5.41 Å². The fourth-order valence-electron chi connectivity index (χ4n) is 3.12. The summed E-state index contributed by atoms with van der Waals surface area (Å²) in [4.78, 5) is 17.2. The van der Waals surface area contributed by atoms with Crippen LogP contribution in [0.2, 0.25) is 0 Å². The van der Waals surface area contributed by atoms with Crippen molar-refractivity contribution in [2.45, 2.75) is 25.9 Å². The number of anilines is 1. The number of aliphatic hydroxyl groups excluding tert-OH is 1. The van der Waals surface area contributed by atoms with Crippen molar-refractivity contribution >= 4 is 11.7 Å². The zero-order valence-corrected chi connectivity index (χ0v) is 13.6. The molecular formula is C19H22N2O3. The Labute approximate surface area is 141 Å². The number of amides is 1. The highest BCUT2D eigenvalue weighted by molar-refractivity contribution is 5.95. The van der Waals surface area contributed by atoms with E-state index in [9.17, 15) is 9.90 Å². The Balaban J connectivity index is 1.80. The van der Waals surface area contributed by atoms with Crippen LogP contribution in [0.3, 0.4) is 0 Å². The number of hydrogen-bond acceptors (Lipinski definition) is 4. The van der Waals surface area contributed by atoms with Crippen LogP contribution >= 0.6 is 0 Å². The number of nitrogens with zero attached hydrogens (tertiary/aromatic N) is 1. The molecule has 24 heavy (non-hydrogen) atoms. The van der Waals surface area contributed by atoms with Crippen molar-refractivity contribution in [3.05, 3.63) is 59.8 Å². The molecule has 0 atom stereocenters. The van der Waals surface area contributed by atoms with Gasteiger partial charge in [-0.1, -0.05) is 30.3 Å². The molecule has 1 aromatic carbocycles. The molecule has 0 unspecified atom stereocenters. The summed E-state index contributed by atoms with van der Waals surface area (Å²) in [6, 6.07) is 13.5. The second-order valence-electron chi connectivity index (χ2n) is 6.22. The zero-order valence-electron chi connectivity index (χ0n) is 13.6. The van der Waals surface area contributed by atoms with Gasteiger partial charge in [0, 0.05) is 19.4 Å². The van der Waals surface area contributed by atoms with E-state index in [0.717, 1.165) is 11.1 Å². The summed E-state index contributed by atoms with van der Waals surface area (Å²) in [6.07, 6.45) is 3.65. The van der Waals surface area contributed by atoms with Crippen LogP contribution in [-0.4, -0.2) is 29.2 Å². The SMILES string of the molecule is O=C(Nc1cc(CO)ccn1)C1(Cc2ccccc2)CCOCC1. The Morgan fingerprint density at radius 2 is 1.92 bits per heavy atom. The fourth-order valence-corrected chi connectivity index (χ4v) is 3.12. The van der Waals surface area contributed by atoms with Crippen LogP contribution in [-0.2, 0) is 22.6 Å². The number of carbonyl (C=O) groups excluding carboxylic acids is 1. The molecule has 1 aromatic heterocycles. The lowest BCUT2D eigenvalue weighted by Gasteiger charge is -2.35. The molecule has 0 aliphatic carbocycles. The maximum Gasteiger partial charge on any atom is 0.232 e. The Kier molecular flexibility index (Phi) is 5.23. The summed E-state index contributed by atoms with van der Waals surface area (Å²) in [5.41, 5.74) is 1.38. The van der Waals surface area contributed by atoms with E-state index in [2.05, 4.69) is 22.4 Å². The molecule has 0 saturated carbocycles. The van der Waals surface area contributed by atoms with E-state index < -0.39 is 5.41 Å². The molecule has 126 valence electrons. The van der Waals surface area contributed by atoms with Gasteiger partial charge in [-0.25, -0.2) is 4.98 Å². The van der Waals surface area contributed by atoms with Gasteiger partial charge < -0.3 is 15.2 Å². The molecule has 2 aromatic rings. The molecule has 0 bridgehead atoms. The lowest BCUT2D eigenvalue weighted by Crippen LogP contribution is -2.43. The first-order valence-electron chi connectivity index (χ1n) is 8.21. The van der Waals surface area contributed by atoms with Gasteiger partial charge in [0.25, 0.3) is 0 Å². The van der Waals surface area contributed by atoms with Crippen molar-refractivity contribution in [2.75, 3.05) is 18.5 Å². The summed E-state index contributed by atoms with van der Waals surface area (Å²) in [7, 11) is 0. The van der Waals surface area contributed by atoms with E-state index in [0.29, 0.717) is 38.3 Å². The smallest absolute Gasteiger partial charge is 0.232 e. The predicted octanol–water partition coefficient (Wildman–Crippen LogP) is 2.55. The van der Waals surface area contributed by atoms with Crippen molar-refractivity contribution in [1.82, 2.24) is 4.98 Å². The van der Waals surface area contributed by atoms with Gasteiger partial charge in [0.05, 0.1) is 12.0 Å². The van der Waals surface area contributed by atoms with Crippen molar-refractivity contribution in [1.29, 1.82) is 0 Å². The van der Waals surface area contributed by atoms with Gasteiger partial charge in [-0.15, -0.1) is 0 Å². The van der Waals surface area contributed by atoms with Gasteiger partial charge in [0.15, 0.2) is 0 Å². The van der Waals surface area contributed by atoms with E-state index in [4.69, 9.17) is 4.74 Å². The van der Waals surface area contributed by atoms with E-state index in [-0.39, 0.29) is 12.5 Å². The first-order valence-corrected chi connectivity index (χ1v) is 8.21. The molecule has 1 saturated heterocycles. The van der Waals surface area contributed by atoms with E-state index in [1.54, 1.807) is 18.3 Å². The lowest BCUT2D eigenvalue weighted by molar-refractivity contribution is -0.131.